The normalized spacial score (nSPS) is 9.85. The van der Waals surface area contributed by atoms with Gasteiger partial charge in [0.05, 0.1) is 23.3 Å². The molecule has 0 atom stereocenters. The molecule has 0 aliphatic rings. The van der Waals surface area contributed by atoms with E-state index in [1.807, 2.05) is 13.0 Å². The first-order chi connectivity index (χ1) is 9.56. The van der Waals surface area contributed by atoms with Gasteiger partial charge in [-0.1, -0.05) is 6.07 Å². The molecule has 0 aliphatic heterocycles. The van der Waals surface area contributed by atoms with Crippen molar-refractivity contribution in [2.75, 3.05) is 16.4 Å². The summed E-state index contributed by atoms with van der Waals surface area (Å²) in [4.78, 5) is 27.3. The Balaban J connectivity index is 2.04. The fourth-order valence-corrected chi connectivity index (χ4v) is 1.58. The number of nitrogens with two attached hydrogens (primary N) is 1. The third-order valence-electron chi connectivity index (χ3n) is 2.58. The van der Waals surface area contributed by atoms with Crippen LogP contribution in [0, 0.1) is 6.92 Å². The molecule has 6 nitrogen and oxygen atoms in total. The summed E-state index contributed by atoms with van der Waals surface area (Å²) in [6, 6.07) is 8.49. The Labute approximate surface area is 116 Å². The van der Waals surface area contributed by atoms with Gasteiger partial charge in [-0.15, -0.1) is 0 Å². The number of benzene rings is 1. The molecule has 6 heteroatoms. The molecule has 1 heterocycles. The van der Waals surface area contributed by atoms with Crippen molar-refractivity contribution in [1.82, 2.24) is 4.98 Å². The zero-order valence-electron chi connectivity index (χ0n) is 10.9. The van der Waals surface area contributed by atoms with E-state index >= 15 is 0 Å². The lowest BCUT2D eigenvalue weighted by atomic mass is 10.2. The number of hydrogen-bond acceptors (Lipinski definition) is 4. The second-order valence-corrected chi connectivity index (χ2v) is 4.24. The first-order valence-electron chi connectivity index (χ1n) is 5.95. The van der Waals surface area contributed by atoms with Crippen molar-refractivity contribution in [3.63, 3.8) is 0 Å². The SMILES string of the molecule is Cc1ccc(N)c(NC(=O)C(=O)Nc2cccnc2)c1. The summed E-state index contributed by atoms with van der Waals surface area (Å²) in [6.07, 6.45) is 3.02. The van der Waals surface area contributed by atoms with Crippen LogP contribution < -0.4 is 16.4 Å². The van der Waals surface area contributed by atoms with Gasteiger partial charge in [-0.3, -0.25) is 14.6 Å². The van der Waals surface area contributed by atoms with E-state index < -0.39 is 11.8 Å². The number of amides is 2. The maximum absolute atomic E-state index is 11.8. The third-order valence-corrected chi connectivity index (χ3v) is 2.58. The number of rotatable bonds is 2. The summed E-state index contributed by atoms with van der Waals surface area (Å²) in [5.41, 5.74) is 7.93. The van der Waals surface area contributed by atoms with E-state index in [1.165, 1.54) is 6.20 Å². The van der Waals surface area contributed by atoms with E-state index in [0.29, 0.717) is 17.1 Å². The minimum absolute atomic E-state index is 0.401. The van der Waals surface area contributed by atoms with E-state index in [9.17, 15) is 9.59 Å². The van der Waals surface area contributed by atoms with Crippen molar-refractivity contribution in [3.05, 3.63) is 48.3 Å². The van der Waals surface area contributed by atoms with Crippen LogP contribution in [0.4, 0.5) is 17.1 Å². The van der Waals surface area contributed by atoms with Gasteiger partial charge >= 0.3 is 11.8 Å². The van der Waals surface area contributed by atoms with Crippen LogP contribution in [0.15, 0.2) is 42.7 Å². The number of carbonyl (C=O) groups is 2. The molecule has 0 aliphatic carbocycles. The Hall–Kier alpha value is -2.89. The first kappa shape index (κ1) is 13.5. The molecular weight excluding hydrogens is 256 g/mol. The molecule has 1 aromatic heterocycles. The molecule has 102 valence electrons. The lowest BCUT2D eigenvalue weighted by Crippen LogP contribution is -2.29. The molecule has 0 unspecified atom stereocenters. The molecule has 0 fully saturated rings. The largest absolute Gasteiger partial charge is 0.397 e. The second-order valence-electron chi connectivity index (χ2n) is 4.24. The standard InChI is InChI=1S/C14H14N4O2/c1-9-4-5-11(15)12(7-9)18-14(20)13(19)17-10-3-2-6-16-8-10/h2-8H,15H2,1H3,(H,17,19)(H,18,20). The van der Waals surface area contributed by atoms with Crippen LogP contribution in [0.2, 0.25) is 0 Å². The number of nitrogen functional groups attached to an aromatic ring is 1. The van der Waals surface area contributed by atoms with E-state index in [0.717, 1.165) is 5.56 Å². The maximum atomic E-state index is 11.8. The summed E-state index contributed by atoms with van der Waals surface area (Å²) >= 11 is 0. The van der Waals surface area contributed by atoms with Gasteiger partial charge < -0.3 is 16.4 Å². The number of pyridine rings is 1. The Bertz CT molecular complexity index is 641. The number of hydrogen-bond donors (Lipinski definition) is 3. The lowest BCUT2D eigenvalue weighted by molar-refractivity contribution is -0.132. The minimum atomic E-state index is -0.786. The summed E-state index contributed by atoms with van der Waals surface area (Å²) in [6.45, 7) is 1.87. The number of carbonyl (C=O) groups excluding carboxylic acids is 2. The topological polar surface area (TPSA) is 97.1 Å². The monoisotopic (exact) mass is 270 g/mol. The van der Waals surface area contributed by atoms with Crippen LogP contribution in [0.25, 0.3) is 0 Å². The Kier molecular flexibility index (Phi) is 3.95. The Morgan fingerprint density at radius 3 is 2.60 bits per heavy atom. The van der Waals surface area contributed by atoms with Gasteiger partial charge in [-0.2, -0.15) is 0 Å². The minimum Gasteiger partial charge on any atom is -0.397 e. The lowest BCUT2D eigenvalue weighted by Gasteiger charge is -2.09. The fraction of sp³-hybridized carbons (Fsp3) is 0.0714. The molecule has 0 saturated carbocycles. The first-order valence-corrected chi connectivity index (χ1v) is 5.95. The van der Waals surface area contributed by atoms with Gasteiger partial charge in [0.1, 0.15) is 0 Å². The van der Waals surface area contributed by atoms with E-state index in [1.54, 1.807) is 30.5 Å². The summed E-state index contributed by atoms with van der Waals surface area (Å²) < 4.78 is 0. The molecule has 0 bridgehead atoms. The van der Waals surface area contributed by atoms with Crippen LogP contribution in [0.3, 0.4) is 0 Å². The van der Waals surface area contributed by atoms with Crippen LogP contribution in [-0.4, -0.2) is 16.8 Å². The highest BCUT2D eigenvalue weighted by Gasteiger charge is 2.15. The van der Waals surface area contributed by atoms with Gasteiger partial charge in [0, 0.05) is 6.20 Å². The zero-order chi connectivity index (χ0) is 14.5. The second kappa shape index (κ2) is 5.83. The van der Waals surface area contributed by atoms with E-state index in [-0.39, 0.29) is 0 Å². The van der Waals surface area contributed by atoms with E-state index in [4.69, 9.17) is 5.73 Å². The highest BCUT2D eigenvalue weighted by molar-refractivity contribution is 6.43. The quantitative estimate of drug-likeness (QED) is 0.569. The highest BCUT2D eigenvalue weighted by atomic mass is 16.2. The van der Waals surface area contributed by atoms with E-state index in [2.05, 4.69) is 15.6 Å². The van der Waals surface area contributed by atoms with Gasteiger partial charge in [0.15, 0.2) is 0 Å². The number of nitrogens with one attached hydrogen (secondary N) is 2. The predicted octanol–water partition coefficient (Wildman–Crippen LogP) is 1.55. The predicted molar refractivity (Wildman–Crippen MR) is 77.1 cm³/mol. The molecule has 2 rings (SSSR count). The molecule has 20 heavy (non-hydrogen) atoms. The van der Waals surface area contributed by atoms with Crippen LogP contribution in [-0.2, 0) is 9.59 Å². The van der Waals surface area contributed by atoms with Crippen molar-refractivity contribution >= 4 is 28.9 Å². The van der Waals surface area contributed by atoms with Crippen molar-refractivity contribution < 1.29 is 9.59 Å². The van der Waals surface area contributed by atoms with Gasteiger partial charge in [-0.25, -0.2) is 0 Å². The third kappa shape index (κ3) is 3.32. The number of aromatic nitrogens is 1. The molecular formula is C14H14N4O2. The zero-order valence-corrected chi connectivity index (χ0v) is 10.9. The Morgan fingerprint density at radius 1 is 1.15 bits per heavy atom. The molecule has 0 radical (unpaired) electrons. The van der Waals surface area contributed by atoms with Crippen molar-refractivity contribution in [2.24, 2.45) is 0 Å². The molecule has 2 aromatic rings. The van der Waals surface area contributed by atoms with Crippen molar-refractivity contribution in [1.29, 1.82) is 0 Å². The number of nitrogens with zero attached hydrogens (tertiary/aromatic N) is 1. The van der Waals surface area contributed by atoms with Gasteiger partial charge in [-0.05, 0) is 36.8 Å². The van der Waals surface area contributed by atoms with Gasteiger partial charge in [0.25, 0.3) is 0 Å². The fourth-order valence-electron chi connectivity index (χ4n) is 1.58. The summed E-state index contributed by atoms with van der Waals surface area (Å²) in [5, 5.41) is 4.92. The summed E-state index contributed by atoms with van der Waals surface area (Å²) in [5.74, 6) is -1.56. The Morgan fingerprint density at radius 2 is 1.90 bits per heavy atom. The average Bonchev–Trinajstić information content (AvgIpc) is 2.44. The molecule has 0 spiro atoms. The molecule has 2 amide bonds. The average molecular weight is 270 g/mol. The molecule has 1 aromatic carbocycles. The van der Waals surface area contributed by atoms with Crippen LogP contribution >= 0.6 is 0 Å². The van der Waals surface area contributed by atoms with Crippen molar-refractivity contribution in [2.45, 2.75) is 6.92 Å². The number of aryl methyl sites for hydroxylation is 1. The highest BCUT2D eigenvalue weighted by Crippen LogP contribution is 2.19. The van der Waals surface area contributed by atoms with Crippen LogP contribution in [0.1, 0.15) is 5.56 Å². The molecule has 0 saturated heterocycles. The van der Waals surface area contributed by atoms with Gasteiger partial charge in [0.2, 0.25) is 0 Å². The molecule has 4 N–H and O–H groups in total. The van der Waals surface area contributed by atoms with Crippen LogP contribution in [0.5, 0.6) is 0 Å². The number of anilines is 3. The summed E-state index contributed by atoms with van der Waals surface area (Å²) in [7, 11) is 0. The smallest absolute Gasteiger partial charge is 0.314 e. The maximum Gasteiger partial charge on any atom is 0.314 e. The van der Waals surface area contributed by atoms with Crippen molar-refractivity contribution in [3.8, 4) is 0 Å².